The van der Waals surface area contributed by atoms with E-state index < -0.39 is 5.82 Å². The number of carbonyl (C=O) groups excluding carboxylic acids is 1. The van der Waals surface area contributed by atoms with Crippen LogP contribution in [0.5, 0.6) is 0 Å². The van der Waals surface area contributed by atoms with Crippen molar-refractivity contribution in [1.29, 1.82) is 0 Å². The molecule has 0 aliphatic carbocycles. The van der Waals surface area contributed by atoms with Crippen LogP contribution < -0.4 is 5.73 Å². The molecule has 24 heavy (non-hydrogen) atoms. The van der Waals surface area contributed by atoms with Crippen LogP contribution in [0.15, 0.2) is 28.8 Å². The molecule has 3 rings (SSSR count). The fourth-order valence-electron chi connectivity index (χ4n) is 3.36. The third kappa shape index (κ3) is 3.13. The number of anilines is 1. The van der Waals surface area contributed by atoms with Crippen LogP contribution in [-0.4, -0.2) is 29.1 Å². The number of aromatic nitrogens is 1. The molecule has 0 radical (unpaired) electrons. The van der Waals surface area contributed by atoms with Gasteiger partial charge in [-0.05, 0) is 37.0 Å². The third-order valence-corrected chi connectivity index (χ3v) is 4.60. The Morgan fingerprint density at radius 1 is 1.38 bits per heavy atom. The van der Waals surface area contributed by atoms with E-state index in [1.54, 1.807) is 17.0 Å². The number of nitrogen functional groups attached to an aromatic ring is 1. The molecule has 0 bridgehead atoms. The first-order chi connectivity index (χ1) is 11.5. The van der Waals surface area contributed by atoms with Crippen LogP contribution in [-0.2, 0) is 0 Å². The Labute approximate surface area is 140 Å². The molecule has 0 unspecified atom stereocenters. The predicted molar refractivity (Wildman–Crippen MR) is 89.3 cm³/mol. The number of piperidine rings is 1. The molecule has 2 N–H and O–H groups in total. The first-order valence-electron chi connectivity index (χ1n) is 8.27. The molecule has 1 fully saturated rings. The summed E-state index contributed by atoms with van der Waals surface area (Å²) in [5, 5.41) is 4.15. The lowest BCUT2D eigenvalue weighted by molar-refractivity contribution is 0.0711. The highest BCUT2D eigenvalue weighted by Crippen LogP contribution is 2.36. The molecule has 1 aromatic carbocycles. The Hall–Kier alpha value is -2.37. The van der Waals surface area contributed by atoms with Gasteiger partial charge in [-0.25, -0.2) is 4.39 Å². The molecule has 2 heterocycles. The standard InChI is InChI=1S/C18H22FN3O2/c1-11(2)15-16(21-24-17(15)20)12-6-8-22(9-7-12)18(23)13-4-3-5-14(19)10-13/h3-5,10-12H,6-9,20H2,1-2H3. The summed E-state index contributed by atoms with van der Waals surface area (Å²) in [7, 11) is 0. The van der Waals surface area contributed by atoms with Gasteiger partial charge in [0.15, 0.2) is 0 Å². The highest BCUT2D eigenvalue weighted by Gasteiger charge is 2.30. The Morgan fingerprint density at radius 3 is 2.71 bits per heavy atom. The van der Waals surface area contributed by atoms with Crippen molar-refractivity contribution in [3.8, 4) is 0 Å². The maximum atomic E-state index is 13.3. The summed E-state index contributed by atoms with van der Waals surface area (Å²) in [4.78, 5) is 14.2. The average Bonchev–Trinajstić information content (AvgIpc) is 2.96. The second-order valence-corrected chi connectivity index (χ2v) is 6.58. The van der Waals surface area contributed by atoms with E-state index >= 15 is 0 Å². The molecule has 0 saturated carbocycles. The minimum absolute atomic E-state index is 0.128. The molecule has 1 aromatic heterocycles. The van der Waals surface area contributed by atoms with Gasteiger partial charge in [0.05, 0.1) is 5.69 Å². The van der Waals surface area contributed by atoms with Crippen molar-refractivity contribution in [2.75, 3.05) is 18.8 Å². The van der Waals surface area contributed by atoms with Crippen LogP contribution in [0.2, 0.25) is 0 Å². The van der Waals surface area contributed by atoms with Crippen molar-refractivity contribution in [2.24, 2.45) is 0 Å². The molecule has 5 nitrogen and oxygen atoms in total. The van der Waals surface area contributed by atoms with Crippen LogP contribution in [0.25, 0.3) is 0 Å². The molecular formula is C18H22FN3O2. The Bertz CT molecular complexity index is 734. The number of likely N-dealkylation sites (tertiary alicyclic amines) is 1. The molecule has 6 heteroatoms. The van der Waals surface area contributed by atoms with Gasteiger partial charge in [-0.2, -0.15) is 0 Å². The molecule has 1 aliphatic rings. The topological polar surface area (TPSA) is 72.4 Å². The Morgan fingerprint density at radius 2 is 2.08 bits per heavy atom. The first kappa shape index (κ1) is 16.5. The van der Waals surface area contributed by atoms with E-state index in [2.05, 4.69) is 19.0 Å². The summed E-state index contributed by atoms with van der Waals surface area (Å²) in [5.41, 5.74) is 8.17. The number of hydrogen-bond donors (Lipinski definition) is 1. The predicted octanol–water partition coefficient (Wildman–Crippen LogP) is 3.54. The number of hydrogen-bond acceptors (Lipinski definition) is 4. The van der Waals surface area contributed by atoms with Crippen LogP contribution in [0.4, 0.5) is 10.3 Å². The second-order valence-electron chi connectivity index (χ2n) is 6.58. The van der Waals surface area contributed by atoms with E-state index in [1.807, 2.05) is 0 Å². The van der Waals surface area contributed by atoms with Gasteiger partial charge in [-0.1, -0.05) is 25.1 Å². The molecule has 1 saturated heterocycles. The molecule has 0 spiro atoms. The fraction of sp³-hybridized carbons (Fsp3) is 0.444. The number of nitrogens with two attached hydrogens (primary N) is 1. The van der Waals surface area contributed by atoms with Gasteiger partial charge < -0.3 is 15.2 Å². The Balaban J connectivity index is 1.69. The summed E-state index contributed by atoms with van der Waals surface area (Å²) >= 11 is 0. The molecule has 0 atom stereocenters. The van der Waals surface area contributed by atoms with Gasteiger partial charge in [0.2, 0.25) is 5.88 Å². The van der Waals surface area contributed by atoms with Crippen LogP contribution in [0, 0.1) is 5.82 Å². The van der Waals surface area contributed by atoms with E-state index in [9.17, 15) is 9.18 Å². The Kier molecular flexibility index (Phi) is 4.55. The monoisotopic (exact) mass is 331 g/mol. The van der Waals surface area contributed by atoms with Gasteiger partial charge in [-0.3, -0.25) is 4.79 Å². The quantitative estimate of drug-likeness (QED) is 0.934. The SMILES string of the molecule is CC(C)c1c(C2CCN(C(=O)c3cccc(F)c3)CC2)noc1N. The number of amides is 1. The van der Waals surface area contributed by atoms with Crippen molar-refractivity contribution >= 4 is 11.8 Å². The molecule has 1 amide bonds. The van der Waals surface area contributed by atoms with Crippen molar-refractivity contribution in [3.05, 3.63) is 46.9 Å². The lowest BCUT2D eigenvalue weighted by Gasteiger charge is -2.31. The van der Waals surface area contributed by atoms with Crippen LogP contribution in [0.1, 0.15) is 60.1 Å². The van der Waals surface area contributed by atoms with Crippen LogP contribution in [0.3, 0.4) is 0 Å². The van der Waals surface area contributed by atoms with E-state index in [0.29, 0.717) is 24.5 Å². The highest BCUT2D eigenvalue weighted by atomic mass is 19.1. The van der Waals surface area contributed by atoms with Crippen molar-refractivity contribution < 1.29 is 13.7 Å². The molecular weight excluding hydrogens is 309 g/mol. The van der Waals surface area contributed by atoms with Gasteiger partial charge in [0.25, 0.3) is 5.91 Å². The molecule has 2 aromatic rings. The number of rotatable bonds is 3. The minimum Gasteiger partial charge on any atom is -0.367 e. The lowest BCUT2D eigenvalue weighted by atomic mass is 9.88. The van der Waals surface area contributed by atoms with E-state index in [4.69, 9.17) is 10.3 Å². The van der Waals surface area contributed by atoms with E-state index in [-0.39, 0.29) is 17.7 Å². The smallest absolute Gasteiger partial charge is 0.253 e. The highest BCUT2D eigenvalue weighted by molar-refractivity contribution is 5.94. The second kappa shape index (κ2) is 6.63. The normalized spacial score (nSPS) is 15.9. The number of nitrogens with zero attached hydrogens (tertiary/aromatic N) is 2. The molecule has 1 aliphatic heterocycles. The van der Waals surface area contributed by atoms with Crippen molar-refractivity contribution in [2.45, 2.75) is 38.5 Å². The third-order valence-electron chi connectivity index (χ3n) is 4.60. The maximum Gasteiger partial charge on any atom is 0.253 e. The van der Waals surface area contributed by atoms with Crippen molar-refractivity contribution in [1.82, 2.24) is 10.1 Å². The summed E-state index contributed by atoms with van der Waals surface area (Å²) in [5.74, 6) is 0.351. The summed E-state index contributed by atoms with van der Waals surface area (Å²) in [6, 6.07) is 5.82. The molecule has 128 valence electrons. The van der Waals surface area contributed by atoms with Gasteiger partial charge >= 0.3 is 0 Å². The summed E-state index contributed by atoms with van der Waals surface area (Å²) in [6.07, 6.45) is 1.60. The zero-order valence-corrected chi connectivity index (χ0v) is 14.0. The first-order valence-corrected chi connectivity index (χ1v) is 8.27. The largest absolute Gasteiger partial charge is 0.367 e. The average molecular weight is 331 g/mol. The summed E-state index contributed by atoms with van der Waals surface area (Å²) in [6.45, 7) is 5.36. The summed E-state index contributed by atoms with van der Waals surface area (Å²) < 4.78 is 18.5. The zero-order valence-electron chi connectivity index (χ0n) is 14.0. The van der Waals surface area contributed by atoms with Crippen molar-refractivity contribution in [3.63, 3.8) is 0 Å². The van der Waals surface area contributed by atoms with E-state index in [0.717, 1.165) is 24.1 Å². The minimum atomic E-state index is -0.393. The maximum absolute atomic E-state index is 13.3. The van der Waals surface area contributed by atoms with Gasteiger partial charge in [0.1, 0.15) is 5.82 Å². The number of benzene rings is 1. The zero-order chi connectivity index (χ0) is 17.3. The van der Waals surface area contributed by atoms with Gasteiger partial charge in [-0.15, -0.1) is 0 Å². The lowest BCUT2D eigenvalue weighted by Crippen LogP contribution is -2.38. The fourth-order valence-corrected chi connectivity index (χ4v) is 3.36. The number of halogens is 1. The van der Waals surface area contributed by atoms with E-state index in [1.165, 1.54) is 12.1 Å². The number of carbonyl (C=O) groups is 1. The van der Waals surface area contributed by atoms with Gasteiger partial charge in [0, 0.05) is 30.1 Å². The van der Waals surface area contributed by atoms with Crippen LogP contribution >= 0.6 is 0 Å².